The molecule has 1 fully saturated rings. The Morgan fingerprint density at radius 3 is 2.06 bits per heavy atom. The number of rotatable bonds is 9. The molecule has 13 heteroatoms. The number of nitrogens with zero attached hydrogens (tertiary/aromatic N) is 3. The van der Waals surface area contributed by atoms with E-state index in [4.69, 9.17) is 13.9 Å². The molecule has 48 heavy (non-hydrogen) atoms. The quantitative estimate of drug-likeness (QED) is 0.231. The van der Waals surface area contributed by atoms with Crippen molar-refractivity contribution in [2.75, 3.05) is 36.4 Å². The molecule has 3 heterocycles. The second-order valence-electron chi connectivity index (χ2n) is 13.5. The minimum atomic E-state index is -0.919. The van der Waals surface area contributed by atoms with Gasteiger partial charge in [-0.2, -0.15) is 4.90 Å². The Bertz CT molecular complexity index is 1520. The third kappa shape index (κ3) is 11.1. The summed E-state index contributed by atoms with van der Waals surface area (Å²) in [7, 11) is 0. The van der Waals surface area contributed by atoms with Crippen LogP contribution in [0.5, 0.6) is 0 Å². The third-order valence-electron chi connectivity index (χ3n) is 7.06. The molecule has 2 aromatic heterocycles. The summed E-state index contributed by atoms with van der Waals surface area (Å²) >= 11 is 0. The van der Waals surface area contributed by atoms with Gasteiger partial charge in [-0.1, -0.05) is 12.5 Å². The van der Waals surface area contributed by atoms with Gasteiger partial charge in [0.05, 0.1) is 0 Å². The Kier molecular flexibility index (Phi) is 11.8. The summed E-state index contributed by atoms with van der Waals surface area (Å²) in [5.74, 6) is 0.556. The van der Waals surface area contributed by atoms with E-state index >= 15 is 0 Å². The van der Waals surface area contributed by atoms with E-state index in [1.807, 2.05) is 0 Å². The summed E-state index contributed by atoms with van der Waals surface area (Å²) in [5, 5.41) is 8.44. The lowest BCUT2D eigenvalue weighted by atomic mass is 10.1. The summed E-state index contributed by atoms with van der Waals surface area (Å²) < 4.78 is 16.6. The van der Waals surface area contributed by atoms with Crippen molar-refractivity contribution in [2.24, 2.45) is 0 Å². The largest absolute Gasteiger partial charge is 0.451 e. The number of hydrogen-bond donors (Lipinski definition) is 3. The Morgan fingerprint density at radius 1 is 0.833 bits per heavy atom. The molecule has 4 rings (SSSR count). The Hall–Kier alpha value is -4.91. The van der Waals surface area contributed by atoms with Crippen LogP contribution in [-0.4, -0.2) is 71.4 Å². The van der Waals surface area contributed by atoms with Crippen LogP contribution >= 0.6 is 0 Å². The lowest BCUT2D eigenvalue weighted by molar-refractivity contribution is 0.0428. The number of hydrogen-bond acceptors (Lipinski definition) is 9. The number of urea groups is 1. The second-order valence-corrected chi connectivity index (χ2v) is 13.5. The van der Waals surface area contributed by atoms with Crippen LogP contribution < -0.4 is 20.9 Å². The highest BCUT2D eigenvalue weighted by Gasteiger charge is 2.33. The maximum Gasteiger partial charge on any atom is 0.425 e. The van der Waals surface area contributed by atoms with E-state index in [-0.39, 0.29) is 24.0 Å². The molecular weight excluding hydrogens is 616 g/mol. The average Bonchev–Trinajstić information content (AvgIpc) is 3.51. The maximum atomic E-state index is 12.8. The zero-order valence-corrected chi connectivity index (χ0v) is 28.6. The number of imide groups is 1. The number of piperidine rings is 1. The summed E-state index contributed by atoms with van der Waals surface area (Å²) in [6, 6.07) is 13.1. The van der Waals surface area contributed by atoms with Gasteiger partial charge in [0, 0.05) is 37.1 Å². The zero-order valence-electron chi connectivity index (χ0n) is 28.6. The second kappa shape index (κ2) is 15.8. The van der Waals surface area contributed by atoms with Crippen molar-refractivity contribution >= 4 is 35.6 Å². The number of carbonyl (C=O) groups is 4. The van der Waals surface area contributed by atoms with Gasteiger partial charge in [0.1, 0.15) is 22.8 Å². The number of furan rings is 1. The highest BCUT2D eigenvalue weighted by atomic mass is 16.6. The van der Waals surface area contributed by atoms with Crippen LogP contribution in [0.1, 0.15) is 76.9 Å². The first-order valence-corrected chi connectivity index (χ1v) is 16.1. The average molecular weight is 663 g/mol. The fourth-order valence-corrected chi connectivity index (χ4v) is 4.82. The monoisotopic (exact) mass is 662 g/mol. The zero-order chi connectivity index (χ0) is 34.9. The van der Waals surface area contributed by atoms with Crippen molar-refractivity contribution in [1.29, 1.82) is 0 Å². The number of amides is 5. The molecule has 0 unspecified atom stereocenters. The lowest BCUT2D eigenvalue weighted by Crippen LogP contribution is -2.44. The number of carbonyl (C=O) groups excluding carboxylic acids is 4. The SMILES string of the molecule is CC(C)(C)OC(=O)N(C(=O)OC(C)(C)C)c1ccc(CNC(=O)Nc2ccc(-c3ccc(C(=O)NCCN4CCCCC4)o3)cc2)cn1. The van der Waals surface area contributed by atoms with Crippen LogP contribution in [0.3, 0.4) is 0 Å². The first kappa shape index (κ1) is 35.9. The summed E-state index contributed by atoms with van der Waals surface area (Å²) in [6.45, 7) is 13.8. The van der Waals surface area contributed by atoms with E-state index < -0.39 is 29.4 Å². The molecule has 13 nitrogen and oxygen atoms in total. The van der Waals surface area contributed by atoms with Gasteiger partial charge >= 0.3 is 18.2 Å². The standard InChI is InChI=1S/C35H46N6O7/c1-34(2,3)47-32(44)41(33(45)48-35(4,5)6)29-17-10-24(22-37-29)23-38-31(43)39-26-13-11-25(12-14-26)27-15-16-28(46-27)30(42)36-18-21-40-19-8-7-9-20-40/h10-17,22H,7-9,18-21,23H2,1-6H3,(H,36,42)(H2,38,39,43). The molecule has 258 valence electrons. The van der Waals surface area contributed by atoms with Gasteiger partial charge in [-0.25, -0.2) is 19.4 Å². The molecule has 0 aliphatic carbocycles. The predicted octanol–water partition coefficient (Wildman–Crippen LogP) is 6.56. The number of aromatic nitrogens is 1. The van der Waals surface area contributed by atoms with Crippen molar-refractivity contribution < 1.29 is 33.1 Å². The van der Waals surface area contributed by atoms with E-state index in [9.17, 15) is 19.2 Å². The molecular formula is C35H46N6O7. The number of nitrogens with one attached hydrogen (secondary N) is 3. The van der Waals surface area contributed by atoms with Crippen LogP contribution in [0.2, 0.25) is 0 Å². The lowest BCUT2D eigenvalue weighted by Gasteiger charge is -2.28. The first-order valence-electron chi connectivity index (χ1n) is 16.1. The fourth-order valence-electron chi connectivity index (χ4n) is 4.82. The van der Waals surface area contributed by atoms with Gasteiger partial charge in [-0.05, 0) is 116 Å². The minimum absolute atomic E-state index is 0.0176. The van der Waals surface area contributed by atoms with Gasteiger partial charge in [-0.3, -0.25) is 4.79 Å². The van der Waals surface area contributed by atoms with E-state index in [0.29, 0.717) is 23.6 Å². The van der Waals surface area contributed by atoms with Crippen molar-refractivity contribution in [1.82, 2.24) is 20.5 Å². The first-order chi connectivity index (χ1) is 22.7. The molecule has 1 saturated heterocycles. The predicted molar refractivity (Wildman–Crippen MR) is 182 cm³/mol. The van der Waals surface area contributed by atoms with E-state index in [1.54, 1.807) is 84.0 Å². The Morgan fingerprint density at radius 2 is 1.48 bits per heavy atom. The number of pyridine rings is 1. The van der Waals surface area contributed by atoms with Crippen LogP contribution in [0.15, 0.2) is 59.1 Å². The maximum absolute atomic E-state index is 12.8. The smallest absolute Gasteiger partial charge is 0.425 e. The summed E-state index contributed by atoms with van der Waals surface area (Å²) in [5.41, 5.74) is 0.244. The molecule has 0 saturated carbocycles. The van der Waals surface area contributed by atoms with Gasteiger partial charge in [0.2, 0.25) is 0 Å². The van der Waals surface area contributed by atoms with Gasteiger partial charge in [0.25, 0.3) is 5.91 Å². The Balaban J connectivity index is 1.27. The minimum Gasteiger partial charge on any atom is -0.451 e. The molecule has 5 amide bonds. The number of benzene rings is 1. The number of anilines is 2. The molecule has 1 aliphatic heterocycles. The van der Waals surface area contributed by atoms with Crippen LogP contribution in [0.25, 0.3) is 11.3 Å². The van der Waals surface area contributed by atoms with Crippen molar-refractivity contribution in [3.05, 3.63) is 66.1 Å². The van der Waals surface area contributed by atoms with Gasteiger partial charge < -0.3 is 34.7 Å². The third-order valence-corrected chi connectivity index (χ3v) is 7.06. The topological polar surface area (TPSA) is 155 Å². The van der Waals surface area contributed by atoms with Crippen LogP contribution in [-0.2, 0) is 16.0 Å². The van der Waals surface area contributed by atoms with Crippen LogP contribution in [0, 0.1) is 0 Å². The number of likely N-dealkylation sites (tertiary alicyclic amines) is 1. The van der Waals surface area contributed by atoms with E-state index in [2.05, 4.69) is 25.8 Å². The molecule has 3 N–H and O–H groups in total. The van der Waals surface area contributed by atoms with Gasteiger partial charge in [-0.15, -0.1) is 0 Å². The van der Waals surface area contributed by atoms with Crippen molar-refractivity contribution in [3.63, 3.8) is 0 Å². The highest BCUT2D eigenvalue weighted by molar-refractivity contribution is 6.08. The highest BCUT2D eigenvalue weighted by Crippen LogP contribution is 2.24. The summed E-state index contributed by atoms with van der Waals surface area (Å²) in [6.07, 6.45) is 3.29. The number of ether oxygens (including phenoxy) is 2. The molecule has 1 aliphatic rings. The molecule has 0 spiro atoms. The molecule has 0 bridgehead atoms. The summed E-state index contributed by atoms with van der Waals surface area (Å²) in [4.78, 5) is 58.2. The molecule has 3 aromatic rings. The van der Waals surface area contributed by atoms with Gasteiger partial charge in [0.15, 0.2) is 5.76 Å². The van der Waals surface area contributed by atoms with Crippen LogP contribution in [0.4, 0.5) is 25.9 Å². The fraction of sp³-hybridized carbons (Fsp3) is 0.457. The van der Waals surface area contributed by atoms with Crippen molar-refractivity contribution in [3.8, 4) is 11.3 Å². The Labute approximate surface area is 281 Å². The van der Waals surface area contributed by atoms with E-state index in [1.165, 1.54) is 31.5 Å². The van der Waals surface area contributed by atoms with E-state index in [0.717, 1.165) is 30.1 Å². The molecule has 1 aromatic carbocycles. The molecule has 0 atom stereocenters. The molecule has 0 radical (unpaired) electrons. The normalized spacial score (nSPS) is 13.7. The van der Waals surface area contributed by atoms with Crippen molar-refractivity contribution in [2.45, 2.75) is 78.6 Å².